The molecule has 4 unspecified atom stereocenters. The van der Waals surface area contributed by atoms with Gasteiger partial charge in [0.05, 0.1) is 17.1 Å². The van der Waals surface area contributed by atoms with E-state index in [9.17, 15) is 25.7 Å². The van der Waals surface area contributed by atoms with E-state index in [4.69, 9.17) is 0 Å². The zero-order valence-electron chi connectivity index (χ0n) is 11.8. The van der Waals surface area contributed by atoms with E-state index in [2.05, 4.69) is 10.9 Å². The molecule has 0 aromatic heterocycles. The van der Waals surface area contributed by atoms with E-state index in [-0.39, 0.29) is 11.7 Å². The first-order valence-corrected chi connectivity index (χ1v) is 6.72. The molecule has 1 saturated heterocycles. The van der Waals surface area contributed by atoms with Crippen molar-refractivity contribution in [1.29, 1.82) is 10.5 Å². The maximum Gasteiger partial charge on any atom is 0.269 e. The molecular formula is C14H15N5O3. The van der Waals surface area contributed by atoms with Gasteiger partial charge in [-0.2, -0.15) is 10.5 Å². The number of hydrogen-bond acceptors (Lipinski definition) is 7. The van der Waals surface area contributed by atoms with Crippen LogP contribution in [0.15, 0.2) is 24.3 Å². The Balaban J connectivity index is 2.43. The number of benzene rings is 1. The van der Waals surface area contributed by atoms with E-state index in [1.54, 1.807) is 0 Å². The van der Waals surface area contributed by atoms with Gasteiger partial charge in [-0.05, 0) is 12.5 Å². The van der Waals surface area contributed by atoms with Crippen molar-refractivity contribution in [2.75, 3.05) is 0 Å². The van der Waals surface area contributed by atoms with Crippen LogP contribution in [-0.4, -0.2) is 22.3 Å². The number of hydrogen-bond donors (Lipinski definition) is 3. The fourth-order valence-corrected chi connectivity index (χ4v) is 2.83. The summed E-state index contributed by atoms with van der Waals surface area (Å²) in [7, 11) is 0. The molecule has 1 fully saturated rings. The van der Waals surface area contributed by atoms with Crippen LogP contribution in [-0.2, 0) is 0 Å². The van der Waals surface area contributed by atoms with Gasteiger partial charge < -0.3 is 5.11 Å². The summed E-state index contributed by atoms with van der Waals surface area (Å²) in [6.45, 7) is 1.83. The van der Waals surface area contributed by atoms with E-state index >= 15 is 0 Å². The minimum absolute atomic E-state index is 0.0655. The van der Waals surface area contributed by atoms with Gasteiger partial charge in [0.2, 0.25) is 0 Å². The number of hydrazine groups is 1. The van der Waals surface area contributed by atoms with Crippen molar-refractivity contribution in [2.24, 2.45) is 11.8 Å². The molecule has 4 atom stereocenters. The fourth-order valence-electron chi connectivity index (χ4n) is 2.83. The molecule has 0 saturated carbocycles. The molecular weight excluding hydrogens is 286 g/mol. The summed E-state index contributed by atoms with van der Waals surface area (Å²) in [6.07, 6.45) is -0.917. The lowest BCUT2D eigenvalue weighted by Gasteiger charge is -2.28. The summed E-state index contributed by atoms with van der Waals surface area (Å²) >= 11 is 0. The first-order chi connectivity index (χ1) is 10.5. The molecule has 1 aliphatic heterocycles. The third kappa shape index (κ3) is 2.90. The van der Waals surface area contributed by atoms with Crippen molar-refractivity contribution in [3.8, 4) is 12.1 Å². The zero-order valence-corrected chi connectivity index (χ0v) is 11.8. The van der Waals surface area contributed by atoms with Crippen LogP contribution >= 0.6 is 0 Å². The number of nitrogens with one attached hydrogen (secondary N) is 2. The van der Waals surface area contributed by atoms with E-state index in [0.717, 1.165) is 0 Å². The summed E-state index contributed by atoms with van der Waals surface area (Å²) < 4.78 is 0. The Morgan fingerprint density at radius 2 is 1.86 bits per heavy atom. The Labute approximate surface area is 127 Å². The molecule has 8 nitrogen and oxygen atoms in total. The monoisotopic (exact) mass is 301 g/mol. The number of nitriles is 2. The number of nitro groups is 1. The van der Waals surface area contributed by atoms with Gasteiger partial charge in [-0.3, -0.25) is 15.5 Å². The third-order valence-electron chi connectivity index (χ3n) is 3.94. The molecule has 1 aromatic carbocycles. The topological polar surface area (TPSA) is 135 Å². The molecule has 22 heavy (non-hydrogen) atoms. The van der Waals surface area contributed by atoms with Gasteiger partial charge in [0.1, 0.15) is 12.1 Å². The van der Waals surface area contributed by atoms with Crippen LogP contribution in [0.5, 0.6) is 0 Å². The lowest BCUT2D eigenvalue weighted by atomic mass is 9.75. The molecule has 0 radical (unpaired) electrons. The molecule has 1 heterocycles. The van der Waals surface area contributed by atoms with Crippen LogP contribution in [0.4, 0.5) is 5.69 Å². The molecule has 0 amide bonds. The van der Waals surface area contributed by atoms with Gasteiger partial charge in [-0.1, -0.05) is 12.1 Å². The van der Waals surface area contributed by atoms with E-state index in [0.29, 0.717) is 5.56 Å². The molecule has 8 heteroatoms. The molecule has 0 bridgehead atoms. The smallest absolute Gasteiger partial charge is 0.269 e. The second-order valence-corrected chi connectivity index (χ2v) is 5.21. The van der Waals surface area contributed by atoms with Crippen LogP contribution in [0.1, 0.15) is 18.4 Å². The van der Waals surface area contributed by atoms with Crippen LogP contribution in [0, 0.1) is 44.6 Å². The molecule has 114 valence electrons. The number of non-ortho nitro benzene ring substituents is 1. The fraction of sp³-hybridized carbons (Fsp3) is 0.429. The van der Waals surface area contributed by atoms with Gasteiger partial charge in [0.15, 0.2) is 0 Å². The SMILES string of the molecule is CC1NNC(O)C1C(c1ccc([N+](=O)[O-])cc1)C(C#N)C#N. The Hall–Kier alpha value is -2.52. The Bertz CT molecular complexity index is 609. The number of aliphatic hydroxyl groups excluding tert-OH is 1. The summed E-state index contributed by atoms with van der Waals surface area (Å²) in [4.78, 5) is 10.2. The quantitative estimate of drug-likeness (QED) is 0.552. The average molecular weight is 301 g/mol. The minimum atomic E-state index is -0.967. The lowest BCUT2D eigenvalue weighted by molar-refractivity contribution is -0.384. The highest BCUT2D eigenvalue weighted by atomic mass is 16.6. The van der Waals surface area contributed by atoms with Crippen LogP contribution in [0.25, 0.3) is 0 Å². The second kappa shape index (κ2) is 6.50. The van der Waals surface area contributed by atoms with Gasteiger partial charge in [-0.25, -0.2) is 5.43 Å². The van der Waals surface area contributed by atoms with Gasteiger partial charge in [-0.15, -0.1) is 0 Å². The Morgan fingerprint density at radius 3 is 2.27 bits per heavy atom. The zero-order chi connectivity index (χ0) is 16.3. The predicted molar refractivity (Wildman–Crippen MR) is 75.8 cm³/mol. The second-order valence-electron chi connectivity index (χ2n) is 5.21. The molecule has 0 spiro atoms. The summed E-state index contributed by atoms with van der Waals surface area (Å²) in [6, 6.07) is 9.45. The molecule has 1 aliphatic rings. The van der Waals surface area contributed by atoms with E-state index < -0.39 is 28.9 Å². The average Bonchev–Trinajstić information content (AvgIpc) is 2.84. The standard InChI is InChI=1S/C14H15N5O3/c1-8-12(14(20)18-17-8)13(10(6-15)7-16)9-2-4-11(5-3-9)19(21)22/h2-5,8,10,12-14,17-18,20H,1H3. The number of rotatable bonds is 4. The molecule has 0 aliphatic carbocycles. The summed E-state index contributed by atoms with van der Waals surface area (Å²) in [5.41, 5.74) is 6.10. The van der Waals surface area contributed by atoms with E-state index in [1.165, 1.54) is 24.3 Å². The summed E-state index contributed by atoms with van der Waals surface area (Å²) in [5.74, 6) is -1.95. The first kappa shape index (κ1) is 15.9. The van der Waals surface area contributed by atoms with Crippen LogP contribution < -0.4 is 10.9 Å². The minimum Gasteiger partial charge on any atom is -0.377 e. The maximum absolute atomic E-state index is 10.7. The predicted octanol–water partition coefficient (Wildman–Crippen LogP) is 0.773. The van der Waals surface area contributed by atoms with E-state index in [1.807, 2.05) is 19.1 Å². The number of nitro benzene ring substituents is 1. The lowest BCUT2D eigenvalue weighted by Crippen LogP contribution is -2.34. The molecule has 2 rings (SSSR count). The van der Waals surface area contributed by atoms with Gasteiger partial charge >= 0.3 is 0 Å². The molecule has 3 N–H and O–H groups in total. The highest BCUT2D eigenvalue weighted by molar-refractivity contribution is 5.36. The third-order valence-corrected chi connectivity index (χ3v) is 3.94. The van der Waals surface area contributed by atoms with Crippen LogP contribution in [0.2, 0.25) is 0 Å². The van der Waals surface area contributed by atoms with Gasteiger partial charge in [0.25, 0.3) is 5.69 Å². The Morgan fingerprint density at radius 1 is 1.27 bits per heavy atom. The normalized spacial score (nSPS) is 25.4. The van der Waals surface area contributed by atoms with Crippen LogP contribution in [0.3, 0.4) is 0 Å². The van der Waals surface area contributed by atoms with Crippen molar-refractivity contribution in [3.05, 3.63) is 39.9 Å². The van der Waals surface area contributed by atoms with Crippen molar-refractivity contribution in [3.63, 3.8) is 0 Å². The van der Waals surface area contributed by atoms with Crippen molar-refractivity contribution in [1.82, 2.24) is 10.9 Å². The van der Waals surface area contributed by atoms with Crippen molar-refractivity contribution < 1.29 is 10.0 Å². The largest absolute Gasteiger partial charge is 0.377 e. The first-order valence-electron chi connectivity index (χ1n) is 6.72. The van der Waals surface area contributed by atoms with Crippen molar-refractivity contribution >= 4 is 5.69 Å². The Kier molecular flexibility index (Phi) is 4.68. The van der Waals surface area contributed by atoms with Crippen molar-refractivity contribution in [2.45, 2.75) is 25.1 Å². The van der Waals surface area contributed by atoms with Gasteiger partial charge in [0, 0.05) is 30.0 Å². The maximum atomic E-state index is 10.7. The highest BCUT2D eigenvalue weighted by Gasteiger charge is 2.42. The summed E-state index contributed by atoms with van der Waals surface area (Å²) in [5, 5.41) is 39.3. The molecule has 1 aromatic rings. The number of nitrogens with zero attached hydrogens (tertiary/aromatic N) is 3. The highest BCUT2D eigenvalue weighted by Crippen LogP contribution is 2.37. The number of aliphatic hydroxyl groups is 1.